The maximum Gasteiger partial charge on any atom is 0.260 e. The van der Waals surface area contributed by atoms with Gasteiger partial charge in [0.15, 0.2) is 18.2 Å². The van der Waals surface area contributed by atoms with Crippen LogP contribution in [-0.4, -0.2) is 39.6 Å². The highest BCUT2D eigenvalue weighted by molar-refractivity contribution is 6.05. The highest BCUT2D eigenvalue weighted by Crippen LogP contribution is 2.21. The van der Waals surface area contributed by atoms with Crippen LogP contribution in [0.15, 0.2) is 48.7 Å². The van der Waals surface area contributed by atoms with E-state index in [4.69, 9.17) is 4.74 Å². The summed E-state index contributed by atoms with van der Waals surface area (Å²) >= 11 is 0. The predicted molar refractivity (Wildman–Crippen MR) is 108 cm³/mol. The van der Waals surface area contributed by atoms with E-state index in [2.05, 4.69) is 10.4 Å². The first-order valence-corrected chi connectivity index (χ1v) is 9.88. The summed E-state index contributed by atoms with van der Waals surface area (Å²) in [5, 5.41) is 6.85. The molecule has 1 aliphatic heterocycles. The molecule has 1 N–H and O–H groups in total. The molecule has 166 valence electrons. The maximum absolute atomic E-state index is 13.7. The fraction of sp³-hybridized carbons (Fsp3) is 0.227. The molecule has 3 aromatic rings. The number of carbonyl (C=O) groups excluding carboxylic acids is 2. The van der Waals surface area contributed by atoms with Gasteiger partial charge >= 0.3 is 0 Å². The molecule has 4 rings (SSSR count). The summed E-state index contributed by atoms with van der Waals surface area (Å²) < 4.78 is 47.2. The molecule has 0 saturated heterocycles. The van der Waals surface area contributed by atoms with E-state index in [1.807, 2.05) is 0 Å². The van der Waals surface area contributed by atoms with Gasteiger partial charge in [0.2, 0.25) is 0 Å². The minimum absolute atomic E-state index is 0.0831. The lowest BCUT2D eigenvalue weighted by molar-refractivity contribution is -0.134. The van der Waals surface area contributed by atoms with Crippen molar-refractivity contribution in [3.05, 3.63) is 77.4 Å². The molecule has 2 amide bonds. The molecular formula is C22H19F3N4O3. The first-order valence-electron chi connectivity index (χ1n) is 9.88. The summed E-state index contributed by atoms with van der Waals surface area (Å²) in [5.74, 6) is -3.22. The minimum Gasteiger partial charge on any atom is -0.481 e. The fourth-order valence-electron chi connectivity index (χ4n) is 3.43. The van der Waals surface area contributed by atoms with Gasteiger partial charge in [-0.05, 0) is 36.8 Å². The van der Waals surface area contributed by atoms with Crippen molar-refractivity contribution in [2.45, 2.75) is 19.5 Å². The van der Waals surface area contributed by atoms with E-state index in [1.54, 1.807) is 10.7 Å². The van der Waals surface area contributed by atoms with Crippen LogP contribution in [0, 0.1) is 17.5 Å². The third-order valence-corrected chi connectivity index (χ3v) is 5.01. The Morgan fingerprint density at radius 2 is 1.88 bits per heavy atom. The number of carbonyl (C=O) groups is 2. The second-order valence-electron chi connectivity index (χ2n) is 7.22. The van der Waals surface area contributed by atoms with Crippen LogP contribution in [0.4, 0.5) is 18.9 Å². The van der Waals surface area contributed by atoms with Crippen molar-refractivity contribution in [3.8, 4) is 5.75 Å². The Kier molecular flexibility index (Phi) is 6.11. The molecule has 2 aromatic carbocycles. The Hall–Kier alpha value is -3.82. The van der Waals surface area contributed by atoms with Crippen molar-refractivity contribution >= 4 is 17.5 Å². The smallest absolute Gasteiger partial charge is 0.260 e. The number of ether oxygens (including phenoxy) is 1. The van der Waals surface area contributed by atoms with Crippen LogP contribution in [-0.2, 0) is 17.9 Å². The molecule has 1 aromatic heterocycles. The van der Waals surface area contributed by atoms with Gasteiger partial charge < -0.3 is 15.0 Å². The number of amides is 2. The van der Waals surface area contributed by atoms with E-state index < -0.39 is 35.9 Å². The Morgan fingerprint density at radius 3 is 2.69 bits per heavy atom. The zero-order valence-electron chi connectivity index (χ0n) is 16.9. The first kappa shape index (κ1) is 21.4. The van der Waals surface area contributed by atoms with Crippen LogP contribution >= 0.6 is 0 Å². The fourth-order valence-corrected chi connectivity index (χ4v) is 3.43. The van der Waals surface area contributed by atoms with Crippen LogP contribution in [0.3, 0.4) is 0 Å². The van der Waals surface area contributed by atoms with Crippen LogP contribution in [0.1, 0.15) is 22.5 Å². The number of anilines is 1. The van der Waals surface area contributed by atoms with Gasteiger partial charge in [-0.1, -0.05) is 6.07 Å². The van der Waals surface area contributed by atoms with E-state index in [0.29, 0.717) is 30.9 Å². The lowest BCUT2D eigenvalue weighted by Crippen LogP contribution is -2.35. The SMILES string of the molecule is O=C(Nc1cccc(F)c1)c1cnn2c1CN(C(=O)COc1cc(F)ccc1F)CCC2. The van der Waals surface area contributed by atoms with E-state index in [0.717, 1.165) is 18.2 Å². The van der Waals surface area contributed by atoms with Crippen molar-refractivity contribution in [1.82, 2.24) is 14.7 Å². The second kappa shape index (κ2) is 9.13. The summed E-state index contributed by atoms with van der Waals surface area (Å²) in [6.07, 6.45) is 1.98. The van der Waals surface area contributed by atoms with Crippen LogP contribution in [0.2, 0.25) is 0 Å². The Bertz CT molecular complexity index is 1170. The number of nitrogens with one attached hydrogen (secondary N) is 1. The standard InChI is InChI=1S/C22H19F3N4O3/c23-14-3-1-4-16(9-14)27-22(31)17-11-26-29-8-2-7-28(12-19(17)29)21(30)13-32-20-10-15(24)5-6-18(20)25/h1,3-6,9-11H,2,7-8,12-13H2,(H,27,31). The largest absolute Gasteiger partial charge is 0.481 e. The third kappa shape index (κ3) is 4.74. The molecule has 0 radical (unpaired) electrons. The summed E-state index contributed by atoms with van der Waals surface area (Å²) in [6.45, 7) is 0.465. The third-order valence-electron chi connectivity index (χ3n) is 5.01. The van der Waals surface area contributed by atoms with Crippen molar-refractivity contribution in [1.29, 1.82) is 0 Å². The molecule has 7 nitrogen and oxygen atoms in total. The number of hydrogen-bond donors (Lipinski definition) is 1. The Balaban J connectivity index is 1.46. The summed E-state index contributed by atoms with van der Waals surface area (Å²) in [5.41, 5.74) is 1.06. The van der Waals surface area contributed by atoms with Crippen LogP contribution in [0.5, 0.6) is 5.75 Å². The second-order valence-corrected chi connectivity index (χ2v) is 7.22. The molecule has 0 atom stereocenters. The highest BCUT2D eigenvalue weighted by Gasteiger charge is 2.25. The first-order chi connectivity index (χ1) is 15.4. The van der Waals surface area contributed by atoms with Crippen LogP contribution in [0.25, 0.3) is 0 Å². The molecule has 0 fully saturated rings. The molecular weight excluding hydrogens is 425 g/mol. The lowest BCUT2D eigenvalue weighted by Gasteiger charge is -2.21. The number of nitrogens with zero attached hydrogens (tertiary/aromatic N) is 3. The monoisotopic (exact) mass is 444 g/mol. The molecule has 1 aliphatic rings. The van der Waals surface area contributed by atoms with Crippen molar-refractivity contribution in [2.75, 3.05) is 18.5 Å². The summed E-state index contributed by atoms with van der Waals surface area (Å²) in [6, 6.07) is 8.24. The quantitative estimate of drug-likeness (QED) is 0.655. The predicted octanol–water partition coefficient (Wildman–Crippen LogP) is 3.36. The van der Waals surface area contributed by atoms with Gasteiger partial charge in [0, 0.05) is 24.8 Å². The molecule has 0 unspecified atom stereocenters. The summed E-state index contributed by atoms with van der Waals surface area (Å²) in [4.78, 5) is 26.9. The maximum atomic E-state index is 13.7. The van der Waals surface area contributed by atoms with Crippen molar-refractivity contribution in [2.24, 2.45) is 0 Å². The van der Waals surface area contributed by atoms with E-state index >= 15 is 0 Å². The number of aromatic nitrogens is 2. The number of hydrogen-bond acceptors (Lipinski definition) is 4. The van der Waals surface area contributed by atoms with E-state index in [9.17, 15) is 22.8 Å². The van der Waals surface area contributed by atoms with Gasteiger partial charge in [-0.2, -0.15) is 5.10 Å². The molecule has 0 aliphatic carbocycles. The molecule has 0 saturated carbocycles. The number of aryl methyl sites for hydroxylation is 1. The topological polar surface area (TPSA) is 76.5 Å². The molecule has 32 heavy (non-hydrogen) atoms. The minimum atomic E-state index is -0.774. The highest BCUT2D eigenvalue weighted by atomic mass is 19.1. The van der Waals surface area contributed by atoms with Gasteiger partial charge in [-0.25, -0.2) is 13.2 Å². The Labute approximate surface area is 181 Å². The van der Waals surface area contributed by atoms with Gasteiger partial charge in [0.25, 0.3) is 11.8 Å². The molecule has 0 spiro atoms. The van der Waals surface area contributed by atoms with Gasteiger partial charge in [-0.3, -0.25) is 14.3 Å². The normalized spacial score (nSPS) is 13.3. The molecule has 10 heteroatoms. The van der Waals surface area contributed by atoms with Gasteiger partial charge in [0.05, 0.1) is 24.0 Å². The number of benzene rings is 2. The molecule has 0 bridgehead atoms. The lowest BCUT2D eigenvalue weighted by atomic mass is 10.2. The zero-order valence-corrected chi connectivity index (χ0v) is 16.9. The average Bonchev–Trinajstić information content (AvgIpc) is 3.04. The van der Waals surface area contributed by atoms with Crippen LogP contribution < -0.4 is 10.1 Å². The van der Waals surface area contributed by atoms with E-state index in [1.165, 1.54) is 29.3 Å². The van der Waals surface area contributed by atoms with Crippen molar-refractivity contribution < 1.29 is 27.5 Å². The molecule has 2 heterocycles. The number of halogens is 3. The number of rotatable bonds is 5. The summed E-state index contributed by atoms with van der Waals surface area (Å²) in [7, 11) is 0. The van der Waals surface area contributed by atoms with Gasteiger partial charge in [0.1, 0.15) is 11.6 Å². The zero-order chi connectivity index (χ0) is 22.7. The Morgan fingerprint density at radius 1 is 1.06 bits per heavy atom. The van der Waals surface area contributed by atoms with E-state index in [-0.39, 0.29) is 17.9 Å². The van der Waals surface area contributed by atoms with Crippen molar-refractivity contribution in [3.63, 3.8) is 0 Å². The average molecular weight is 444 g/mol. The number of fused-ring (bicyclic) bond motifs is 1. The van der Waals surface area contributed by atoms with Gasteiger partial charge in [-0.15, -0.1) is 0 Å².